The van der Waals surface area contributed by atoms with Gasteiger partial charge in [-0.3, -0.25) is 19.2 Å². The Morgan fingerprint density at radius 2 is 0.562 bits per heavy atom. The first-order valence-electron chi connectivity index (χ1n) is 56.9. The van der Waals surface area contributed by atoms with Crippen LogP contribution in [0.1, 0.15) is 150 Å². The lowest BCUT2D eigenvalue weighted by atomic mass is 9.64. The molecule has 16 heteroatoms. The average Bonchev–Trinajstić information content (AvgIpc) is 1.02. The Morgan fingerprint density at radius 3 is 0.859 bits per heavy atom. The molecule has 656 valence electrons. The minimum atomic E-state index is -2.50. The molecule has 128 heavy (non-hydrogen) atoms. The molecule has 8 N–H and O–H groups in total. The van der Waals surface area contributed by atoms with E-state index in [4.69, 9.17) is 77.5 Å². The smallest absolute Gasteiger partial charge is 0.232 e. The van der Waals surface area contributed by atoms with Crippen LogP contribution in [0.25, 0.3) is 0 Å². The molecule has 4 atom stereocenters. The van der Waals surface area contributed by atoms with E-state index in [9.17, 15) is 19.2 Å². The number of carbonyl (C=O) groups excluding carboxylic acids is 4. The molecule has 0 unspecified atom stereocenters. The molecule has 8 heterocycles. The fourth-order valence-electron chi connectivity index (χ4n) is 20.4. The Bertz CT molecular complexity index is 7020. The van der Waals surface area contributed by atoms with Crippen molar-refractivity contribution < 1.29 is 73.8 Å². The maximum absolute atomic E-state index is 13.8. The molecule has 12 aromatic carbocycles. The number of amides is 4. The van der Waals surface area contributed by atoms with Gasteiger partial charge in [-0.05, 0) is 214 Å². The molecule has 0 spiro atoms. The first-order chi connectivity index (χ1) is 73.2. The number of rotatable bonds is 28. The lowest BCUT2D eigenvalue weighted by Gasteiger charge is -2.37. The predicted molar refractivity (Wildman–Crippen MR) is 507 cm³/mol. The Kier molecular flexibility index (Phi) is 19.2. The van der Waals surface area contributed by atoms with Gasteiger partial charge >= 0.3 is 0 Å². The van der Waals surface area contributed by atoms with Gasteiger partial charge in [0.05, 0.1) is 53.8 Å². The molecule has 0 bridgehead atoms. The van der Waals surface area contributed by atoms with Gasteiger partial charge in [-0.1, -0.05) is 291 Å². The third-order valence-electron chi connectivity index (χ3n) is 26.7. The fourth-order valence-corrected chi connectivity index (χ4v) is 20.4. The van der Waals surface area contributed by atoms with E-state index in [1.807, 2.05) is 175 Å². The maximum Gasteiger partial charge on any atom is 0.232 e. The number of carbonyl (C=O) groups is 4. The van der Waals surface area contributed by atoms with E-state index < -0.39 is 214 Å². The van der Waals surface area contributed by atoms with Gasteiger partial charge in [-0.2, -0.15) is 0 Å². The summed E-state index contributed by atoms with van der Waals surface area (Å²) < 4.78 is 243. The van der Waals surface area contributed by atoms with Crippen LogP contribution in [0.3, 0.4) is 0 Å². The van der Waals surface area contributed by atoms with Crippen molar-refractivity contribution in [3.05, 3.63) is 404 Å². The van der Waals surface area contributed by atoms with Crippen LogP contribution in [-0.4, -0.2) is 148 Å². The summed E-state index contributed by atoms with van der Waals surface area (Å²) in [6.07, 6.45) is 4.55. The number of nitrogens with two attached hydrogens (primary N) is 4. The first-order valence-corrected chi connectivity index (χ1v) is 43.9. The summed E-state index contributed by atoms with van der Waals surface area (Å²) in [5.41, 5.74) is 27.0. The molecule has 16 nitrogen and oxygen atoms in total. The van der Waals surface area contributed by atoms with Crippen molar-refractivity contribution in [1.82, 2.24) is 19.6 Å². The van der Waals surface area contributed by atoms with Gasteiger partial charge in [0.1, 0.15) is 44.7 Å². The summed E-state index contributed by atoms with van der Waals surface area (Å²) in [7, 11) is 0. The molecule has 4 saturated heterocycles. The van der Waals surface area contributed by atoms with Crippen molar-refractivity contribution in [2.24, 2.45) is 46.6 Å². The second-order valence-corrected chi connectivity index (χ2v) is 33.7. The lowest BCUT2D eigenvalue weighted by Crippen LogP contribution is -2.49. The Morgan fingerprint density at radius 1 is 0.312 bits per heavy atom. The van der Waals surface area contributed by atoms with Gasteiger partial charge in [0.15, 0.2) is 0 Å². The van der Waals surface area contributed by atoms with Gasteiger partial charge in [-0.15, -0.1) is 0 Å². The van der Waals surface area contributed by atoms with E-state index in [1.54, 1.807) is 12.1 Å². The molecule has 20 rings (SSSR count). The van der Waals surface area contributed by atoms with Crippen LogP contribution in [0.5, 0.6) is 23.0 Å². The standard InChI is InChI=1S/4C28H30N2O2/c4*29-27(31)28(23-7-3-1-4-8-23,24-9-5-2-6-10-24)25-14-17-30(20-25)16-13-21-11-12-26-22(19-21)15-18-32-26/h4*1-12,19,25H,13-18,20H2,(H2,29,31)/t4*25-/m1111/s1/i1D,2D,3D,4D,5D,6D,7D,8D,9D,10D,16D2;1D,2D,3D,4D,5D,6D,7D,8D,9D,10D;16D2;15D2. The number of benzene rings is 12. The zero-order valence-corrected chi connectivity index (χ0v) is 71.3. The van der Waals surface area contributed by atoms with Crippen LogP contribution in [0.15, 0.2) is 315 Å². The molecule has 8 aliphatic heterocycles. The Labute approximate surface area is 791 Å². The zero-order chi connectivity index (χ0) is 111. The van der Waals surface area contributed by atoms with Crippen LogP contribution >= 0.6 is 0 Å². The van der Waals surface area contributed by atoms with Crippen LogP contribution in [-0.2, 0) is 92.2 Å². The summed E-state index contributed by atoms with van der Waals surface area (Å²) >= 11 is 0. The molecule has 4 amide bonds. The SMILES string of the molecule is [2H]C([2H])(Cc1ccc2c(c1)CCO2)N1CC[C@@H](C(C(N)=O)(c2ccccc2)c2ccccc2)C1.[2H]C1([2H])COc2ccc(CCN3CC[C@@H](C(C(N)=O)(c4ccccc4)c4ccccc4)C3)cc21.[2H]c1c([2H])c([2H])c(C(C(N)=O)(c2c([2H])c([2H])c([2H])c([2H])c2[2H])[C@@H]2CCN(C([2H])([2H])Cc3ccc4c(c3)CCO4)C2)c([2H])c1[2H].[2H]c1c([2H])c([2H])c(C(C(N)=O)(c2c([2H])c([2H])c([2H])c([2H])c2[2H])[C@@H]2CCN(CCc3ccc4c(c3)CCO4)C2)c([2H])c1[2H]. The molecular formula is C112H120N8O8. The van der Waals surface area contributed by atoms with E-state index in [1.165, 1.54) is 4.90 Å². The summed E-state index contributed by atoms with van der Waals surface area (Å²) in [6, 6.07) is 47.7. The molecule has 8 aliphatic rings. The van der Waals surface area contributed by atoms with Gasteiger partial charge in [0.25, 0.3) is 0 Å². The van der Waals surface area contributed by atoms with Crippen LogP contribution < -0.4 is 41.9 Å². The van der Waals surface area contributed by atoms with Crippen molar-refractivity contribution in [3.8, 4) is 23.0 Å². The lowest BCUT2D eigenvalue weighted by molar-refractivity contribution is -0.124. The zero-order valence-electron chi connectivity index (χ0n) is 97.3. The summed E-state index contributed by atoms with van der Waals surface area (Å²) in [6.45, 7) is 3.03. The van der Waals surface area contributed by atoms with Crippen molar-refractivity contribution >= 4 is 23.6 Å². The third-order valence-corrected chi connectivity index (χ3v) is 26.7. The summed E-state index contributed by atoms with van der Waals surface area (Å²) in [5, 5.41) is 0. The second-order valence-electron chi connectivity index (χ2n) is 33.7. The molecule has 0 aromatic heterocycles. The normalized spacial score (nSPS) is 21.8. The van der Waals surface area contributed by atoms with Crippen LogP contribution in [0, 0.1) is 23.7 Å². The monoisotopic (exact) mass is 1730 g/mol. The number of aryl methyl sites for hydroxylation is 2. The van der Waals surface area contributed by atoms with Crippen molar-refractivity contribution in [2.45, 2.75) is 98.7 Å². The topological polar surface area (TPSA) is 222 Å². The maximum atomic E-state index is 13.8. The average molecular weight is 1730 g/mol. The Balaban J connectivity index is 0.000000140. The van der Waals surface area contributed by atoms with E-state index in [0.717, 1.165) is 118 Å². The van der Waals surface area contributed by atoms with Crippen molar-refractivity contribution in [3.63, 3.8) is 0 Å². The number of hydrogen-bond donors (Lipinski definition) is 4. The van der Waals surface area contributed by atoms with Crippen molar-refractivity contribution in [1.29, 1.82) is 0 Å². The van der Waals surface area contributed by atoms with E-state index in [-0.39, 0.29) is 69.7 Å². The van der Waals surface area contributed by atoms with Gasteiger partial charge in [-0.25, -0.2) is 0 Å². The van der Waals surface area contributed by atoms with E-state index in [2.05, 4.69) is 21.9 Å². The first kappa shape index (κ1) is 61.1. The van der Waals surface area contributed by atoms with Gasteiger partial charge < -0.3 is 61.5 Å². The third kappa shape index (κ3) is 18.4. The number of likely N-dealkylation sites (tertiary alicyclic amines) is 4. The predicted octanol–water partition coefficient (Wildman–Crippen LogP) is 15.8. The van der Waals surface area contributed by atoms with Crippen LogP contribution in [0.4, 0.5) is 0 Å². The minimum absolute atomic E-state index is 0.00479. The highest BCUT2D eigenvalue weighted by atomic mass is 16.5. The highest BCUT2D eigenvalue weighted by Crippen LogP contribution is 2.49. The van der Waals surface area contributed by atoms with Crippen molar-refractivity contribution in [2.75, 3.05) is 105 Å². The molecular weight excluding hydrogens is 1590 g/mol. The number of primary amides is 4. The molecule has 0 saturated carbocycles. The van der Waals surface area contributed by atoms with E-state index in [0.29, 0.717) is 82.1 Å². The molecule has 12 aromatic rings. The molecule has 4 fully saturated rings. The number of hydrogen-bond acceptors (Lipinski definition) is 12. The highest BCUT2D eigenvalue weighted by Gasteiger charge is 2.54. The number of ether oxygens (including phenoxy) is 4. The number of fused-ring (bicyclic) bond motifs is 4. The highest BCUT2D eigenvalue weighted by molar-refractivity contribution is 5.94. The van der Waals surface area contributed by atoms with E-state index >= 15 is 0 Å². The van der Waals surface area contributed by atoms with Gasteiger partial charge in [0, 0.05) is 86.1 Å². The number of nitrogens with zero attached hydrogens (tertiary/aromatic N) is 4. The van der Waals surface area contributed by atoms with Gasteiger partial charge in [0.2, 0.25) is 23.6 Å². The molecule has 0 aliphatic carbocycles. The second kappa shape index (κ2) is 40.3. The summed E-state index contributed by atoms with van der Waals surface area (Å²) in [4.78, 5) is 61.8. The minimum Gasteiger partial charge on any atom is -0.493 e. The largest absolute Gasteiger partial charge is 0.493 e. The summed E-state index contributed by atoms with van der Waals surface area (Å²) in [5.74, 6) is -2.00. The Hall–Kier alpha value is -12.4. The van der Waals surface area contributed by atoms with Crippen LogP contribution in [0.2, 0.25) is 0 Å². The quantitative estimate of drug-likeness (QED) is 0.0360. The molecule has 0 radical (unpaired) electrons. The fraction of sp³-hybridized carbons (Fsp3) is 0.321.